The number of benzene rings is 1. The van der Waals surface area contributed by atoms with Crippen LogP contribution in [0.4, 0.5) is 0 Å². The lowest BCUT2D eigenvalue weighted by molar-refractivity contribution is 0.162. The van der Waals surface area contributed by atoms with Gasteiger partial charge in [0, 0.05) is 12.6 Å². The summed E-state index contributed by atoms with van der Waals surface area (Å²) in [5.41, 5.74) is 10.2. The molecule has 19 heavy (non-hydrogen) atoms. The van der Waals surface area contributed by atoms with Crippen LogP contribution in [0.5, 0.6) is 0 Å². The molecule has 2 nitrogen and oxygen atoms in total. The van der Waals surface area contributed by atoms with Crippen molar-refractivity contribution in [2.45, 2.75) is 52.6 Å². The van der Waals surface area contributed by atoms with Crippen molar-refractivity contribution in [1.29, 1.82) is 0 Å². The minimum Gasteiger partial charge on any atom is -0.330 e. The third-order valence-corrected chi connectivity index (χ3v) is 4.67. The molecule has 1 saturated carbocycles. The highest BCUT2D eigenvalue weighted by Crippen LogP contribution is 2.30. The molecule has 1 aromatic carbocycles. The molecule has 2 rings (SSSR count). The second-order valence-electron chi connectivity index (χ2n) is 5.99. The first-order valence-electron chi connectivity index (χ1n) is 7.66. The minimum absolute atomic E-state index is 0.690. The Bertz CT molecular complexity index is 414. The topological polar surface area (TPSA) is 29.3 Å². The molecule has 2 atom stereocenters. The molecule has 106 valence electrons. The highest BCUT2D eigenvalue weighted by molar-refractivity contribution is 5.30. The van der Waals surface area contributed by atoms with Gasteiger partial charge in [-0.15, -0.1) is 0 Å². The fourth-order valence-corrected chi connectivity index (χ4v) is 3.43. The summed E-state index contributed by atoms with van der Waals surface area (Å²) in [6.45, 7) is 9.71. The number of aryl methyl sites for hydroxylation is 2. The van der Waals surface area contributed by atoms with Gasteiger partial charge in [0.25, 0.3) is 0 Å². The summed E-state index contributed by atoms with van der Waals surface area (Å²) in [6.07, 6.45) is 3.97. The first kappa shape index (κ1) is 14.5. The third-order valence-electron chi connectivity index (χ3n) is 4.67. The van der Waals surface area contributed by atoms with Gasteiger partial charge in [-0.2, -0.15) is 0 Å². The predicted molar refractivity (Wildman–Crippen MR) is 82.2 cm³/mol. The Morgan fingerprint density at radius 1 is 1.26 bits per heavy atom. The van der Waals surface area contributed by atoms with Gasteiger partial charge >= 0.3 is 0 Å². The molecule has 1 fully saturated rings. The van der Waals surface area contributed by atoms with Crippen LogP contribution in [0.15, 0.2) is 18.2 Å². The van der Waals surface area contributed by atoms with Gasteiger partial charge < -0.3 is 5.73 Å². The minimum atomic E-state index is 0.690. The summed E-state index contributed by atoms with van der Waals surface area (Å²) in [4.78, 5) is 2.63. The van der Waals surface area contributed by atoms with E-state index in [1.165, 1.54) is 36.0 Å². The smallest absolute Gasteiger partial charge is 0.0239 e. The molecule has 0 bridgehead atoms. The van der Waals surface area contributed by atoms with Crippen LogP contribution in [0, 0.1) is 19.8 Å². The van der Waals surface area contributed by atoms with E-state index in [1.807, 2.05) is 0 Å². The fourth-order valence-electron chi connectivity index (χ4n) is 3.43. The Morgan fingerprint density at radius 2 is 2.05 bits per heavy atom. The summed E-state index contributed by atoms with van der Waals surface area (Å²) in [5, 5.41) is 0. The van der Waals surface area contributed by atoms with Gasteiger partial charge in [-0.05, 0) is 56.8 Å². The van der Waals surface area contributed by atoms with Gasteiger partial charge in [0.15, 0.2) is 0 Å². The molecular formula is C17H28N2. The van der Waals surface area contributed by atoms with E-state index >= 15 is 0 Å². The maximum Gasteiger partial charge on any atom is 0.0239 e. The van der Waals surface area contributed by atoms with Crippen LogP contribution < -0.4 is 5.73 Å². The van der Waals surface area contributed by atoms with Crippen LogP contribution in [-0.2, 0) is 6.54 Å². The van der Waals surface area contributed by atoms with Crippen LogP contribution in [0.1, 0.15) is 42.9 Å². The highest BCUT2D eigenvalue weighted by Gasteiger charge is 2.30. The predicted octanol–water partition coefficient (Wildman–Crippen LogP) is 3.25. The maximum absolute atomic E-state index is 5.94. The van der Waals surface area contributed by atoms with E-state index in [4.69, 9.17) is 5.73 Å². The third kappa shape index (κ3) is 3.37. The number of nitrogens with zero attached hydrogens (tertiary/aromatic N) is 1. The van der Waals surface area contributed by atoms with Crippen molar-refractivity contribution < 1.29 is 0 Å². The average Bonchev–Trinajstić information content (AvgIpc) is 2.88. The number of hydrogen-bond acceptors (Lipinski definition) is 2. The van der Waals surface area contributed by atoms with Crippen molar-refractivity contribution >= 4 is 0 Å². The van der Waals surface area contributed by atoms with E-state index in [2.05, 4.69) is 43.9 Å². The van der Waals surface area contributed by atoms with E-state index in [1.54, 1.807) is 0 Å². The van der Waals surface area contributed by atoms with E-state index in [9.17, 15) is 0 Å². The van der Waals surface area contributed by atoms with Gasteiger partial charge in [-0.3, -0.25) is 4.90 Å². The summed E-state index contributed by atoms with van der Waals surface area (Å²) in [6, 6.07) is 7.47. The zero-order chi connectivity index (χ0) is 13.8. The Balaban J connectivity index is 2.12. The molecule has 1 aromatic rings. The van der Waals surface area contributed by atoms with Crippen molar-refractivity contribution in [3.8, 4) is 0 Å². The molecule has 1 aliphatic carbocycles. The first-order valence-corrected chi connectivity index (χ1v) is 7.66. The average molecular weight is 260 g/mol. The first-order chi connectivity index (χ1) is 9.15. The fraction of sp³-hybridized carbons (Fsp3) is 0.647. The lowest BCUT2D eigenvalue weighted by Gasteiger charge is -2.32. The summed E-state index contributed by atoms with van der Waals surface area (Å²) in [5.74, 6) is 0.699. The maximum atomic E-state index is 5.94. The molecule has 0 aliphatic heterocycles. The van der Waals surface area contributed by atoms with Crippen molar-refractivity contribution in [1.82, 2.24) is 4.90 Å². The molecule has 0 heterocycles. The monoisotopic (exact) mass is 260 g/mol. The van der Waals surface area contributed by atoms with Crippen LogP contribution in [0.2, 0.25) is 0 Å². The van der Waals surface area contributed by atoms with Gasteiger partial charge in [-0.1, -0.05) is 37.1 Å². The molecule has 2 N–H and O–H groups in total. The van der Waals surface area contributed by atoms with Gasteiger partial charge in [-0.25, -0.2) is 0 Å². The molecule has 0 saturated heterocycles. The second-order valence-corrected chi connectivity index (χ2v) is 5.99. The van der Waals surface area contributed by atoms with Crippen molar-refractivity contribution in [3.63, 3.8) is 0 Å². The summed E-state index contributed by atoms with van der Waals surface area (Å²) in [7, 11) is 0. The molecule has 0 aromatic heterocycles. The van der Waals surface area contributed by atoms with E-state index in [0.717, 1.165) is 19.6 Å². The standard InChI is InChI=1S/C17H28N2/c1-4-19(17-7-5-6-15(17)11-18)12-16-10-13(2)8-9-14(16)3/h8-10,15,17H,4-7,11-12,18H2,1-3H3. The van der Waals surface area contributed by atoms with Gasteiger partial charge in [0.1, 0.15) is 0 Å². The SMILES string of the molecule is CCN(Cc1cc(C)ccc1C)C1CCCC1CN. The normalized spacial score (nSPS) is 23.2. The summed E-state index contributed by atoms with van der Waals surface area (Å²) < 4.78 is 0. The molecule has 0 spiro atoms. The van der Waals surface area contributed by atoms with Crippen molar-refractivity contribution in [2.75, 3.05) is 13.1 Å². The van der Waals surface area contributed by atoms with Crippen LogP contribution in [0.25, 0.3) is 0 Å². The Kier molecular flexibility index (Phi) is 5.00. The van der Waals surface area contributed by atoms with E-state index in [-0.39, 0.29) is 0 Å². The molecule has 2 unspecified atom stereocenters. The second kappa shape index (κ2) is 6.53. The molecule has 0 amide bonds. The quantitative estimate of drug-likeness (QED) is 0.880. The molecular weight excluding hydrogens is 232 g/mol. The molecule has 0 radical (unpaired) electrons. The number of nitrogens with two attached hydrogens (primary N) is 1. The lowest BCUT2D eigenvalue weighted by Crippen LogP contribution is -2.39. The lowest BCUT2D eigenvalue weighted by atomic mass is 10.00. The Labute approximate surface area is 118 Å². The Morgan fingerprint density at radius 3 is 2.74 bits per heavy atom. The van der Waals surface area contributed by atoms with Crippen molar-refractivity contribution in [3.05, 3.63) is 34.9 Å². The van der Waals surface area contributed by atoms with Crippen LogP contribution in [0.3, 0.4) is 0 Å². The molecule has 2 heteroatoms. The highest BCUT2D eigenvalue weighted by atomic mass is 15.2. The molecule has 1 aliphatic rings. The van der Waals surface area contributed by atoms with E-state index < -0.39 is 0 Å². The number of rotatable bonds is 5. The summed E-state index contributed by atoms with van der Waals surface area (Å²) >= 11 is 0. The largest absolute Gasteiger partial charge is 0.330 e. The zero-order valence-electron chi connectivity index (χ0n) is 12.7. The van der Waals surface area contributed by atoms with Crippen LogP contribution >= 0.6 is 0 Å². The van der Waals surface area contributed by atoms with E-state index in [0.29, 0.717) is 12.0 Å². The van der Waals surface area contributed by atoms with Gasteiger partial charge in [0.2, 0.25) is 0 Å². The van der Waals surface area contributed by atoms with Crippen LogP contribution in [-0.4, -0.2) is 24.0 Å². The Hall–Kier alpha value is -0.860. The number of hydrogen-bond donors (Lipinski definition) is 1. The van der Waals surface area contributed by atoms with Crippen molar-refractivity contribution in [2.24, 2.45) is 11.7 Å². The van der Waals surface area contributed by atoms with Gasteiger partial charge in [0.05, 0.1) is 0 Å². The zero-order valence-corrected chi connectivity index (χ0v) is 12.7.